The summed E-state index contributed by atoms with van der Waals surface area (Å²) in [6.45, 7) is 3.76. The zero-order valence-electron chi connectivity index (χ0n) is 11.5. The molecule has 110 valence electrons. The predicted octanol–water partition coefficient (Wildman–Crippen LogP) is 2.40. The molecule has 3 atom stereocenters. The van der Waals surface area contributed by atoms with E-state index in [0.717, 1.165) is 13.0 Å². The molecule has 0 aromatic rings. The topological polar surface area (TPSA) is 38.3 Å². The second-order valence-electron chi connectivity index (χ2n) is 5.80. The van der Waals surface area contributed by atoms with Gasteiger partial charge in [0.1, 0.15) is 5.78 Å². The van der Waals surface area contributed by atoms with Crippen molar-refractivity contribution in [2.24, 2.45) is 11.8 Å². The summed E-state index contributed by atoms with van der Waals surface area (Å²) >= 11 is 0. The number of carbonyl (C=O) groups is 1. The Morgan fingerprint density at radius 2 is 2.21 bits per heavy atom. The fourth-order valence-corrected chi connectivity index (χ4v) is 3.22. The number of carbonyl (C=O) groups excluding carboxylic acids is 1. The Hall–Kier alpha value is -0.550. The van der Waals surface area contributed by atoms with Crippen molar-refractivity contribution in [1.82, 2.24) is 5.32 Å². The number of halogens is 2. The van der Waals surface area contributed by atoms with Crippen LogP contribution >= 0.6 is 0 Å². The van der Waals surface area contributed by atoms with Gasteiger partial charge >= 0.3 is 0 Å². The molecular formula is C14H23F2NO2. The Balaban J connectivity index is 1.86. The third-order valence-corrected chi connectivity index (χ3v) is 4.19. The van der Waals surface area contributed by atoms with Crippen LogP contribution in [0.2, 0.25) is 0 Å². The molecule has 3 nitrogen and oxygen atoms in total. The van der Waals surface area contributed by atoms with Crippen LogP contribution in [0.3, 0.4) is 0 Å². The van der Waals surface area contributed by atoms with Gasteiger partial charge in [-0.15, -0.1) is 0 Å². The molecule has 0 aromatic heterocycles. The number of rotatable bonds is 5. The first kappa shape index (κ1) is 14.9. The summed E-state index contributed by atoms with van der Waals surface area (Å²) in [5.74, 6) is -2.79. The van der Waals surface area contributed by atoms with E-state index in [0.29, 0.717) is 19.6 Å². The van der Waals surface area contributed by atoms with Crippen LogP contribution in [0.5, 0.6) is 0 Å². The maximum Gasteiger partial charge on any atom is 0.248 e. The number of alkyl halides is 2. The van der Waals surface area contributed by atoms with Crippen LogP contribution in [0, 0.1) is 11.8 Å². The largest absolute Gasteiger partial charge is 0.379 e. The summed E-state index contributed by atoms with van der Waals surface area (Å²) in [7, 11) is 0. The van der Waals surface area contributed by atoms with Crippen LogP contribution in [-0.4, -0.2) is 37.5 Å². The molecule has 1 aliphatic heterocycles. The minimum absolute atomic E-state index is 0.0236. The number of ether oxygens (including phenoxy) is 1. The number of hydrogen-bond acceptors (Lipinski definition) is 3. The highest BCUT2D eigenvalue weighted by molar-refractivity contribution is 5.82. The van der Waals surface area contributed by atoms with Gasteiger partial charge in [-0.2, -0.15) is 0 Å². The molecule has 0 bridgehead atoms. The SMILES string of the molecule is CCNC1COCC1C(=O)CC1CCCC(F)(F)C1. The van der Waals surface area contributed by atoms with E-state index in [-0.39, 0.29) is 42.9 Å². The van der Waals surface area contributed by atoms with Gasteiger partial charge in [-0.25, -0.2) is 8.78 Å². The van der Waals surface area contributed by atoms with Crippen molar-refractivity contribution in [1.29, 1.82) is 0 Å². The molecule has 0 spiro atoms. The lowest BCUT2D eigenvalue weighted by Crippen LogP contribution is -2.40. The Labute approximate surface area is 113 Å². The van der Waals surface area contributed by atoms with Crippen LogP contribution in [0.25, 0.3) is 0 Å². The maximum atomic E-state index is 13.3. The molecule has 2 rings (SSSR count). The zero-order chi connectivity index (χ0) is 13.9. The lowest BCUT2D eigenvalue weighted by Gasteiger charge is -2.29. The van der Waals surface area contributed by atoms with E-state index >= 15 is 0 Å². The minimum atomic E-state index is -2.57. The minimum Gasteiger partial charge on any atom is -0.379 e. The quantitative estimate of drug-likeness (QED) is 0.837. The summed E-state index contributed by atoms with van der Waals surface area (Å²) in [6.07, 6.45) is 1.41. The van der Waals surface area contributed by atoms with E-state index in [4.69, 9.17) is 4.74 Å². The number of ketones is 1. The third-order valence-electron chi connectivity index (χ3n) is 4.19. The van der Waals surface area contributed by atoms with Gasteiger partial charge in [-0.1, -0.05) is 6.92 Å². The van der Waals surface area contributed by atoms with Crippen LogP contribution in [0.4, 0.5) is 8.78 Å². The van der Waals surface area contributed by atoms with Crippen LogP contribution < -0.4 is 5.32 Å². The monoisotopic (exact) mass is 275 g/mol. The van der Waals surface area contributed by atoms with Gasteiger partial charge in [-0.3, -0.25) is 4.79 Å². The van der Waals surface area contributed by atoms with Crippen molar-refractivity contribution in [3.63, 3.8) is 0 Å². The van der Waals surface area contributed by atoms with Crippen molar-refractivity contribution in [2.75, 3.05) is 19.8 Å². The average Bonchev–Trinajstić information content (AvgIpc) is 2.76. The number of likely N-dealkylation sites (N-methyl/N-ethyl adjacent to an activating group) is 1. The van der Waals surface area contributed by atoms with Crippen LogP contribution in [-0.2, 0) is 9.53 Å². The van der Waals surface area contributed by atoms with Gasteiger partial charge in [0.05, 0.1) is 19.1 Å². The summed E-state index contributed by atoms with van der Waals surface area (Å²) in [5.41, 5.74) is 0. The summed E-state index contributed by atoms with van der Waals surface area (Å²) < 4.78 is 32.0. The molecule has 0 aromatic carbocycles. The first-order valence-corrected chi connectivity index (χ1v) is 7.23. The molecule has 2 fully saturated rings. The van der Waals surface area contributed by atoms with Crippen molar-refractivity contribution in [3.05, 3.63) is 0 Å². The van der Waals surface area contributed by atoms with Gasteiger partial charge in [0.25, 0.3) is 0 Å². The van der Waals surface area contributed by atoms with Crippen LogP contribution in [0.15, 0.2) is 0 Å². The number of nitrogens with one attached hydrogen (secondary N) is 1. The van der Waals surface area contributed by atoms with Crippen LogP contribution in [0.1, 0.15) is 39.0 Å². The normalized spacial score (nSPS) is 34.4. The number of hydrogen-bond donors (Lipinski definition) is 1. The maximum absolute atomic E-state index is 13.3. The zero-order valence-corrected chi connectivity index (χ0v) is 11.5. The second kappa shape index (κ2) is 6.27. The van der Waals surface area contributed by atoms with Gasteiger partial charge in [0.15, 0.2) is 0 Å². The molecule has 19 heavy (non-hydrogen) atoms. The standard InChI is InChI=1S/C14H23F2NO2/c1-2-17-12-9-19-8-11(12)13(18)6-10-4-3-5-14(15,16)7-10/h10-12,17H,2-9H2,1H3. The predicted molar refractivity (Wildman–Crippen MR) is 68.3 cm³/mol. The second-order valence-corrected chi connectivity index (χ2v) is 5.80. The molecule has 0 radical (unpaired) electrons. The van der Waals surface area contributed by atoms with Crippen molar-refractivity contribution >= 4 is 5.78 Å². The third kappa shape index (κ3) is 3.96. The molecule has 2 aliphatic rings. The van der Waals surface area contributed by atoms with Gasteiger partial charge < -0.3 is 10.1 Å². The van der Waals surface area contributed by atoms with E-state index in [2.05, 4.69) is 5.32 Å². The lowest BCUT2D eigenvalue weighted by molar-refractivity contribution is -0.125. The van der Waals surface area contributed by atoms with Gasteiger partial charge in [-0.05, 0) is 25.3 Å². The molecule has 3 unspecified atom stereocenters. The smallest absolute Gasteiger partial charge is 0.248 e. The highest BCUT2D eigenvalue weighted by Gasteiger charge is 2.39. The fourth-order valence-electron chi connectivity index (χ4n) is 3.22. The number of Topliss-reactive ketones (excluding diaryl/α,β-unsaturated/α-hetero) is 1. The molecule has 1 N–H and O–H groups in total. The Kier molecular flexibility index (Phi) is 4.90. The molecule has 5 heteroatoms. The Morgan fingerprint density at radius 3 is 2.89 bits per heavy atom. The molecule has 1 aliphatic carbocycles. The molecule has 0 amide bonds. The van der Waals surface area contributed by atoms with Crippen molar-refractivity contribution < 1.29 is 18.3 Å². The first-order valence-electron chi connectivity index (χ1n) is 7.23. The van der Waals surface area contributed by atoms with E-state index in [1.165, 1.54) is 0 Å². The highest BCUT2D eigenvalue weighted by atomic mass is 19.3. The first-order chi connectivity index (χ1) is 9.02. The van der Waals surface area contributed by atoms with E-state index in [9.17, 15) is 13.6 Å². The summed E-state index contributed by atoms with van der Waals surface area (Å²) in [6, 6.07) is 0.0570. The molecule has 1 saturated carbocycles. The van der Waals surface area contributed by atoms with Crippen molar-refractivity contribution in [2.45, 2.75) is 51.0 Å². The Morgan fingerprint density at radius 1 is 1.42 bits per heavy atom. The fraction of sp³-hybridized carbons (Fsp3) is 0.929. The highest BCUT2D eigenvalue weighted by Crippen LogP contribution is 2.38. The summed E-state index contributed by atoms with van der Waals surface area (Å²) in [4.78, 5) is 12.2. The van der Waals surface area contributed by atoms with Gasteiger partial charge in [0, 0.05) is 25.3 Å². The van der Waals surface area contributed by atoms with E-state index < -0.39 is 5.92 Å². The average molecular weight is 275 g/mol. The molecular weight excluding hydrogens is 252 g/mol. The molecule has 1 heterocycles. The lowest BCUT2D eigenvalue weighted by atomic mass is 9.81. The van der Waals surface area contributed by atoms with E-state index in [1.807, 2.05) is 6.92 Å². The van der Waals surface area contributed by atoms with E-state index in [1.54, 1.807) is 0 Å². The molecule has 1 saturated heterocycles. The van der Waals surface area contributed by atoms with Crippen molar-refractivity contribution in [3.8, 4) is 0 Å². The Bertz CT molecular complexity index is 323. The van der Waals surface area contributed by atoms with Gasteiger partial charge in [0.2, 0.25) is 5.92 Å². The summed E-state index contributed by atoms with van der Waals surface area (Å²) in [5, 5.41) is 3.23.